The van der Waals surface area contributed by atoms with Crippen LogP contribution in [0.25, 0.3) is 22.3 Å². The maximum Gasteiger partial charge on any atom is 0.248 e. The van der Waals surface area contributed by atoms with E-state index in [0.717, 1.165) is 6.07 Å². The molecule has 3 aromatic heterocycles. The van der Waals surface area contributed by atoms with Crippen molar-refractivity contribution in [3.63, 3.8) is 0 Å². The van der Waals surface area contributed by atoms with Gasteiger partial charge in [0, 0.05) is 41.7 Å². The van der Waals surface area contributed by atoms with Gasteiger partial charge >= 0.3 is 0 Å². The molecule has 8 nitrogen and oxygen atoms in total. The van der Waals surface area contributed by atoms with Crippen molar-refractivity contribution in [1.29, 1.82) is 0 Å². The van der Waals surface area contributed by atoms with E-state index >= 15 is 0 Å². The molecule has 0 unspecified atom stereocenters. The molecule has 200 valence electrons. The maximum absolute atomic E-state index is 15.0. The number of pyridine rings is 2. The van der Waals surface area contributed by atoms with Crippen LogP contribution in [0, 0.1) is 18.6 Å². The predicted molar refractivity (Wildman–Crippen MR) is 135 cm³/mol. The van der Waals surface area contributed by atoms with Crippen molar-refractivity contribution < 1.29 is 27.5 Å². The van der Waals surface area contributed by atoms with Crippen LogP contribution < -0.4 is 11.1 Å². The fourth-order valence-electron chi connectivity index (χ4n) is 3.44. The number of primary amides is 1. The minimum atomic E-state index is -1.75. The number of nitrogens with zero attached hydrogens (tertiary/aromatic N) is 4. The highest BCUT2D eigenvalue weighted by molar-refractivity contribution is 6.35. The lowest BCUT2D eigenvalue weighted by molar-refractivity contribution is 0.0687. The lowest BCUT2D eigenvalue weighted by atomic mass is 10.1. The Morgan fingerprint density at radius 2 is 1.74 bits per heavy atom. The normalized spacial score (nSPS) is 11.2. The maximum atomic E-state index is 15.0. The fourth-order valence-corrected chi connectivity index (χ4v) is 3.64. The Kier molecular flexibility index (Phi) is 8.79. The number of nitrogens with one attached hydrogen (secondary N) is 1. The summed E-state index contributed by atoms with van der Waals surface area (Å²) in [6.07, 6.45) is 2.72. The molecule has 0 atom stereocenters. The lowest BCUT2D eigenvalue weighted by Crippen LogP contribution is -2.19. The van der Waals surface area contributed by atoms with Crippen LogP contribution in [-0.2, 0) is 12.1 Å². The second-order valence-electron chi connectivity index (χ2n) is 8.55. The average Bonchev–Trinajstić information content (AvgIpc) is 2.85. The quantitative estimate of drug-likeness (QED) is 0.283. The molecule has 38 heavy (non-hydrogen) atoms. The monoisotopic (exact) mass is 550 g/mol. The average molecular weight is 551 g/mol. The standard InChI is InChI=1S/C24H21ClF2N6O2.CH2F2/c1-11-18(25)21(29-8-13-6-12(22(28)34)4-5-15(13)26)20-17(32-11)7-16(27)19(33-20)14-9-30-23(31-10-14)24(2,3)35;2-1-3/h4-7,9-10,35H,8H2,1-3H3,(H2,28,34)(H,29,32);1H2. The van der Waals surface area contributed by atoms with Gasteiger partial charge in [-0.2, -0.15) is 0 Å². The van der Waals surface area contributed by atoms with E-state index < -0.39 is 30.1 Å². The van der Waals surface area contributed by atoms with E-state index in [2.05, 4.69) is 25.3 Å². The number of hydrogen-bond donors (Lipinski definition) is 3. The summed E-state index contributed by atoms with van der Waals surface area (Å²) in [4.78, 5) is 28.4. The van der Waals surface area contributed by atoms with E-state index in [0.29, 0.717) is 11.4 Å². The number of aromatic nitrogens is 4. The number of hydrogen-bond acceptors (Lipinski definition) is 7. The number of carbonyl (C=O) groups excluding carboxylic acids is 1. The molecule has 0 aliphatic heterocycles. The van der Waals surface area contributed by atoms with Gasteiger partial charge < -0.3 is 16.2 Å². The number of carbonyl (C=O) groups is 1. The predicted octanol–water partition coefficient (Wildman–Crippen LogP) is 5.15. The third kappa shape index (κ3) is 6.32. The van der Waals surface area contributed by atoms with Crippen molar-refractivity contribution >= 4 is 34.2 Å². The second kappa shape index (κ2) is 11.7. The first-order valence-corrected chi connectivity index (χ1v) is 11.4. The van der Waals surface area contributed by atoms with Gasteiger partial charge in [0.15, 0.2) is 11.6 Å². The number of nitrogens with two attached hydrogens (primary N) is 1. The zero-order chi connectivity index (χ0) is 28.2. The number of amides is 1. The summed E-state index contributed by atoms with van der Waals surface area (Å²) in [6.45, 7) is 2.92. The van der Waals surface area contributed by atoms with Crippen LogP contribution >= 0.6 is 11.6 Å². The first-order valence-electron chi connectivity index (χ1n) is 11.0. The summed E-state index contributed by atoms with van der Waals surface area (Å²) < 4.78 is 48.6. The molecule has 0 saturated heterocycles. The molecule has 0 aliphatic rings. The summed E-state index contributed by atoms with van der Waals surface area (Å²) in [7, 11) is 0. The number of fused-ring (bicyclic) bond motifs is 1. The zero-order valence-corrected chi connectivity index (χ0v) is 21.2. The Morgan fingerprint density at radius 1 is 1.11 bits per heavy atom. The molecule has 0 bridgehead atoms. The molecule has 4 N–H and O–H groups in total. The Morgan fingerprint density at radius 3 is 2.32 bits per heavy atom. The van der Waals surface area contributed by atoms with Crippen LogP contribution in [-0.4, -0.2) is 37.9 Å². The second-order valence-corrected chi connectivity index (χ2v) is 8.93. The molecule has 13 heteroatoms. The van der Waals surface area contributed by atoms with E-state index in [4.69, 9.17) is 17.3 Å². The summed E-state index contributed by atoms with van der Waals surface area (Å²) >= 11 is 6.49. The van der Waals surface area contributed by atoms with Crippen LogP contribution in [0.2, 0.25) is 5.02 Å². The Labute approximate surface area is 219 Å². The smallest absolute Gasteiger partial charge is 0.248 e. The largest absolute Gasteiger partial charge is 0.382 e. The molecule has 0 spiro atoms. The Hall–Kier alpha value is -3.90. The third-order valence-corrected chi connectivity index (χ3v) is 5.74. The number of benzene rings is 1. The van der Waals surface area contributed by atoms with Gasteiger partial charge in [0.1, 0.15) is 22.6 Å². The van der Waals surface area contributed by atoms with Crippen molar-refractivity contribution in [2.24, 2.45) is 5.73 Å². The summed E-state index contributed by atoms with van der Waals surface area (Å²) in [5.41, 5.74) is 5.80. The van der Waals surface area contributed by atoms with Gasteiger partial charge in [-0.3, -0.25) is 4.79 Å². The van der Waals surface area contributed by atoms with Gasteiger partial charge in [0.2, 0.25) is 12.8 Å². The van der Waals surface area contributed by atoms with Crippen LogP contribution in [0.15, 0.2) is 36.7 Å². The number of anilines is 1. The highest BCUT2D eigenvalue weighted by Crippen LogP contribution is 2.34. The minimum Gasteiger partial charge on any atom is -0.382 e. The van der Waals surface area contributed by atoms with E-state index in [-0.39, 0.29) is 50.8 Å². The molecule has 4 aromatic rings. The van der Waals surface area contributed by atoms with E-state index in [1.165, 1.54) is 44.4 Å². The first-order chi connectivity index (χ1) is 17.9. The van der Waals surface area contributed by atoms with Gasteiger partial charge in [0.25, 0.3) is 0 Å². The van der Waals surface area contributed by atoms with Crippen molar-refractivity contribution in [3.8, 4) is 11.3 Å². The minimum absolute atomic E-state index is 0.0496. The van der Waals surface area contributed by atoms with Crippen LogP contribution in [0.5, 0.6) is 0 Å². The van der Waals surface area contributed by atoms with Crippen LogP contribution in [0.1, 0.15) is 41.3 Å². The Balaban J connectivity index is 0.00000127. The van der Waals surface area contributed by atoms with Gasteiger partial charge in [0.05, 0.1) is 21.9 Å². The topological polar surface area (TPSA) is 127 Å². The molecule has 4 rings (SSSR count). The molecule has 0 radical (unpaired) electrons. The molecule has 0 saturated carbocycles. The molecule has 0 aliphatic carbocycles. The highest BCUT2D eigenvalue weighted by atomic mass is 35.5. The van der Waals surface area contributed by atoms with Gasteiger partial charge in [-0.25, -0.2) is 37.5 Å². The SMILES string of the molecule is Cc1nc2cc(F)c(-c3cnc(C(C)(C)O)nc3)nc2c(NCc2cc(C(N)=O)ccc2F)c1Cl.FCF. The summed E-state index contributed by atoms with van der Waals surface area (Å²) in [6, 6.07) is 5.00. The highest BCUT2D eigenvalue weighted by Gasteiger charge is 2.21. The number of aryl methyl sites for hydroxylation is 1. The van der Waals surface area contributed by atoms with Crippen molar-refractivity contribution in [2.45, 2.75) is 32.9 Å². The number of alkyl halides is 2. The van der Waals surface area contributed by atoms with Gasteiger partial charge in [-0.1, -0.05) is 11.6 Å². The molecular weight excluding hydrogens is 528 g/mol. The zero-order valence-electron chi connectivity index (χ0n) is 20.5. The van der Waals surface area contributed by atoms with Crippen molar-refractivity contribution in [2.75, 3.05) is 12.2 Å². The summed E-state index contributed by atoms with van der Waals surface area (Å²) in [5, 5.41) is 13.3. The van der Waals surface area contributed by atoms with Gasteiger partial charge in [-0.05, 0) is 39.0 Å². The molecular formula is C25H23ClF4N6O2. The number of rotatable bonds is 6. The van der Waals surface area contributed by atoms with Gasteiger partial charge in [-0.15, -0.1) is 0 Å². The molecule has 3 heterocycles. The first kappa shape index (κ1) is 28.7. The van der Waals surface area contributed by atoms with Crippen molar-refractivity contribution in [1.82, 2.24) is 19.9 Å². The van der Waals surface area contributed by atoms with Crippen LogP contribution in [0.3, 0.4) is 0 Å². The molecule has 1 amide bonds. The molecule has 1 aromatic carbocycles. The summed E-state index contributed by atoms with van der Waals surface area (Å²) in [5.74, 6) is -1.71. The van der Waals surface area contributed by atoms with E-state index in [9.17, 15) is 27.5 Å². The third-order valence-electron chi connectivity index (χ3n) is 5.28. The lowest BCUT2D eigenvalue weighted by Gasteiger charge is -2.16. The van der Waals surface area contributed by atoms with Crippen molar-refractivity contribution in [3.05, 3.63) is 76.0 Å². The van der Waals surface area contributed by atoms with E-state index in [1.54, 1.807) is 6.92 Å². The number of halogens is 5. The van der Waals surface area contributed by atoms with E-state index in [1.807, 2.05) is 0 Å². The Bertz CT molecular complexity index is 1480. The molecule has 0 fully saturated rings. The fraction of sp³-hybridized carbons (Fsp3) is 0.240. The van der Waals surface area contributed by atoms with Crippen LogP contribution in [0.4, 0.5) is 23.2 Å². The number of aliphatic hydroxyl groups is 1.